The number of anilines is 1. The fourth-order valence-corrected chi connectivity index (χ4v) is 4.59. The van der Waals surface area contributed by atoms with Gasteiger partial charge >= 0.3 is 0 Å². The van der Waals surface area contributed by atoms with E-state index in [0.717, 1.165) is 37.7 Å². The molecule has 30 heavy (non-hydrogen) atoms. The van der Waals surface area contributed by atoms with Gasteiger partial charge < -0.3 is 4.90 Å². The van der Waals surface area contributed by atoms with E-state index in [2.05, 4.69) is 0 Å². The Bertz CT molecular complexity index is 949. The number of amides is 3. The molecule has 0 N–H and O–H groups in total. The van der Waals surface area contributed by atoms with Gasteiger partial charge in [-0.3, -0.25) is 14.4 Å². The molecule has 1 aliphatic heterocycles. The van der Waals surface area contributed by atoms with Crippen molar-refractivity contribution in [3.05, 3.63) is 64.7 Å². The van der Waals surface area contributed by atoms with Crippen LogP contribution in [0.3, 0.4) is 0 Å². The van der Waals surface area contributed by atoms with E-state index in [0.29, 0.717) is 16.3 Å². The molecule has 156 valence electrons. The lowest BCUT2D eigenvalue weighted by Gasteiger charge is -2.37. The Morgan fingerprint density at radius 1 is 0.967 bits per heavy atom. The van der Waals surface area contributed by atoms with E-state index in [-0.39, 0.29) is 30.2 Å². The third-order valence-electron chi connectivity index (χ3n) is 6.04. The highest BCUT2D eigenvalue weighted by Gasteiger charge is 2.46. The van der Waals surface area contributed by atoms with Crippen molar-refractivity contribution < 1.29 is 14.4 Å². The van der Waals surface area contributed by atoms with Gasteiger partial charge in [-0.2, -0.15) is 0 Å². The number of carbonyl (C=O) groups excluding carboxylic acids is 3. The van der Waals surface area contributed by atoms with Crippen molar-refractivity contribution in [2.45, 2.75) is 57.5 Å². The number of halogens is 1. The van der Waals surface area contributed by atoms with Crippen LogP contribution in [-0.4, -0.2) is 34.7 Å². The molecule has 2 aromatic rings. The zero-order valence-corrected chi connectivity index (χ0v) is 17.8. The van der Waals surface area contributed by atoms with Crippen LogP contribution < -0.4 is 4.90 Å². The molecule has 1 saturated heterocycles. The maximum absolute atomic E-state index is 13.5. The standard InChI is InChI=1S/C24H25ClN2O3/c1-16-7-9-17(10-8-16)23(29)26(19-5-3-2-4-6-19)21-15-22(28)27(24(21)30)20-13-11-18(25)12-14-20/h7-14,19,21H,2-6,15H2,1H3. The summed E-state index contributed by atoms with van der Waals surface area (Å²) >= 11 is 5.95. The first kappa shape index (κ1) is 20.6. The molecule has 1 heterocycles. The van der Waals surface area contributed by atoms with E-state index in [1.54, 1.807) is 41.3 Å². The molecule has 2 aromatic carbocycles. The van der Waals surface area contributed by atoms with Gasteiger partial charge in [-0.15, -0.1) is 0 Å². The molecule has 0 radical (unpaired) electrons. The SMILES string of the molecule is Cc1ccc(C(=O)N(C2CCCCC2)C2CC(=O)N(c3ccc(Cl)cc3)C2=O)cc1. The fourth-order valence-electron chi connectivity index (χ4n) is 4.46. The number of hydrogen-bond acceptors (Lipinski definition) is 3. The van der Waals surface area contributed by atoms with E-state index in [4.69, 9.17) is 11.6 Å². The van der Waals surface area contributed by atoms with Crippen LogP contribution in [0.5, 0.6) is 0 Å². The van der Waals surface area contributed by atoms with E-state index < -0.39 is 6.04 Å². The average Bonchev–Trinajstić information content (AvgIpc) is 3.04. The van der Waals surface area contributed by atoms with Crippen LogP contribution in [0.2, 0.25) is 5.02 Å². The highest BCUT2D eigenvalue weighted by atomic mass is 35.5. The first-order chi connectivity index (χ1) is 14.5. The molecule has 6 heteroatoms. The number of rotatable bonds is 4. The first-order valence-corrected chi connectivity index (χ1v) is 10.8. The second kappa shape index (κ2) is 8.60. The molecule has 0 bridgehead atoms. The Hall–Kier alpha value is -2.66. The molecule has 2 fully saturated rings. The average molecular weight is 425 g/mol. The first-order valence-electron chi connectivity index (χ1n) is 10.5. The van der Waals surface area contributed by atoms with Crippen LogP contribution in [0.1, 0.15) is 54.4 Å². The van der Waals surface area contributed by atoms with E-state index >= 15 is 0 Å². The van der Waals surface area contributed by atoms with Gasteiger partial charge in [0.15, 0.2) is 0 Å². The van der Waals surface area contributed by atoms with Gasteiger partial charge in [-0.1, -0.05) is 48.6 Å². The number of nitrogens with zero attached hydrogens (tertiary/aromatic N) is 2. The van der Waals surface area contributed by atoms with Crippen LogP contribution in [-0.2, 0) is 9.59 Å². The second-order valence-corrected chi connectivity index (χ2v) is 8.57. The van der Waals surface area contributed by atoms with Crippen molar-refractivity contribution >= 4 is 35.0 Å². The Balaban J connectivity index is 1.67. The molecule has 4 rings (SSSR count). The Kier molecular flexibility index (Phi) is 5.91. The lowest BCUT2D eigenvalue weighted by Crippen LogP contribution is -2.51. The minimum absolute atomic E-state index is 0.00949. The van der Waals surface area contributed by atoms with Gasteiger partial charge in [0.25, 0.3) is 11.8 Å². The summed E-state index contributed by atoms with van der Waals surface area (Å²) in [5.74, 6) is -0.802. The largest absolute Gasteiger partial charge is 0.323 e. The van der Waals surface area contributed by atoms with Gasteiger partial charge in [0.1, 0.15) is 6.04 Å². The summed E-state index contributed by atoms with van der Waals surface area (Å²) in [4.78, 5) is 42.6. The van der Waals surface area contributed by atoms with Gasteiger partial charge in [0, 0.05) is 16.6 Å². The minimum Gasteiger partial charge on any atom is -0.323 e. The Morgan fingerprint density at radius 2 is 1.60 bits per heavy atom. The minimum atomic E-state index is -0.773. The quantitative estimate of drug-likeness (QED) is 0.665. The summed E-state index contributed by atoms with van der Waals surface area (Å²) in [6.07, 6.45) is 4.91. The topological polar surface area (TPSA) is 57.7 Å². The van der Waals surface area contributed by atoms with E-state index in [9.17, 15) is 14.4 Å². The zero-order chi connectivity index (χ0) is 21.3. The predicted octanol–water partition coefficient (Wildman–Crippen LogP) is 4.76. The number of benzene rings is 2. The molecule has 1 saturated carbocycles. The van der Waals surface area contributed by atoms with E-state index in [1.807, 2.05) is 19.1 Å². The number of hydrogen-bond donors (Lipinski definition) is 0. The molecule has 1 aliphatic carbocycles. The zero-order valence-electron chi connectivity index (χ0n) is 17.0. The lowest BCUT2D eigenvalue weighted by atomic mass is 9.92. The molecule has 1 unspecified atom stereocenters. The highest BCUT2D eigenvalue weighted by molar-refractivity contribution is 6.31. The molecule has 1 atom stereocenters. The monoisotopic (exact) mass is 424 g/mol. The summed E-state index contributed by atoms with van der Waals surface area (Å²) in [6, 6.07) is 13.2. The van der Waals surface area contributed by atoms with Crippen molar-refractivity contribution in [2.24, 2.45) is 0 Å². The van der Waals surface area contributed by atoms with Crippen molar-refractivity contribution in [1.82, 2.24) is 4.90 Å². The number of imide groups is 1. The fraction of sp³-hybridized carbons (Fsp3) is 0.375. The molecule has 0 spiro atoms. The van der Waals surface area contributed by atoms with Gasteiger partial charge in [0.2, 0.25) is 5.91 Å². The summed E-state index contributed by atoms with van der Waals surface area (Å²) in [7, 11) is 0. The maximum atomic E-state index is 13.5. The molecular formula is C24H25ClN2O3. The van der Waals surface area contributed by atoms with Crippen LogP contribution in [0.15, 0.2) is 48.5 Å². The third-order valence-corrected chi connectivity index (χ3v) is 6.30. The molecule has 3 amide bonds. The van der Waals surface area contributed by atoms with Gasteiger partial charge in [-0.05, 0) is 56.2 Å². The van der Waals surface area contributed by atoms with Crippen LogP contribution in [0.25, 0.3) is 0 Å². The normalized spacial score (nSPS) is 19.9. The molecule has 5 nitrogen and oxygen atoms in total. The summed E-state index contributed by atoms with van der Waals surface area (Å²) in [5.41, 5.74) is 2.11. The second-order valence-electron chi connectivity index (χ2n) is 8.13. The Labute approximate surface area is 181 Å². The maximum Gasteiger partial charge on any atom is 0.257 e. The van der Waals surface area contributed by atoms with Crippen LogP contribution in [0.4, 0.5) is 5.69 Å². The number of carbonyl (C=O) groups is 3. The molecule has 2 aliphatic rings. The van der Waals surface area contributed by atoms with Crippen molar-refractivity contribution in [1.29, 1.82) is 0 Å². The van der Waals surface area contributed by atoms with Gasteiger partial charge in [-0.25, -0.2) is 4.90 Å². The summed E-state index contributed by atoms with van der Waals surface area (Å²) in [6.45, 7) is 1.97. The highest BCUT2D eigenvalue weighted by Crippen LogP contribution is 2.32. The van der Waals surface area contributed by atoms with Crippen LogP contribution in [0, 0.1) is 6.92 Å². The smallest absolute Gasteiger partial charge is 0.257 e. The van der Waals surface area contributed by atoms with E-state index in [1.165, 1.54) is 4.90 Å². The summed E-state index contributed by atoms with van der Waals surface area (Å²) in [5, 5.41) is 0.535. The molecule has 0 aromatic heterocycles. The number of aryl methyl sites for hydroxylation is 1. The lowest BCUT2D eigenvalue weighted by molar-refractivity contribution is -0.123. The summed E-state index contributed by atoms with van der Waals surface area (Å²) < 4.78 is 0. The Morgan fingerprint density at radius 3 is 2.23 bits per heavy atom. The third kappa shape index (κ3) is 3.99. The molecular weight excluding hydrogens is 400 g/mol. The van der Waals surface area contributed by atoms with Crippen molar-refractivity contribution in [3.63, 3.8) is 0 Å². The van der Waals surface area contributed by atoms with Crippen LogP contribution >= 0.6 is 11.6 Å². The van der Waals surface area contributed by atoms with Crippen molar-refractivity contribution in [2.75, 3.05) is 4.90 Å². The predicted molar refractivity (Wildman–Crippen MR) is 117 cm³/mol. The van der Waals surface area contributed by atoms with Gasteiger partial charge in [0.05, 0.1) is 12.1 Å². The van der Waals surface area contributed by atoms with Crippen molar-refractivity contribution in [3.8, 4) is 0 Å².